The smallest absolute Gasteiger partial charge is 0.0937 e. The second kappa shape index (κ2) is 4.87. The monoisotopic (exact) mass is 227 g/mol. The first-order valence-corrected chi connectivity index (χ1v) is 6.34. The predicted octanol–water partition coefficient (Wildman–Crippen LogP) is 4.56. The van der Waals surface area contributed by atoms with Gasteiger partial charge < -0.3 is 0 Å². The highest BCUT2D eigenvalue weighted by atomic mass is 14.8. The largest absolute Gasteiger partial charge is 0.278 e. The van der Waals surface area contributed by atoms with Crippen LogP contribution < -0.4 is 0 Å². The third-order valence-corrected chi connectivity index (χ3v) is 3.05. The van der Waals surface area contributed by atoms with Crippen LogP contribution in [-0.2, 0) is 0 Å². The summed E-state index contributed by atoms with van der Waals surface area (Å²) in [5.41, 5.74) is 2.92. The number of allylic oxidation sites excluding steroid dienone is 1. The van der Waals surface area contributed by atoms with Crippen LogP contribution in [0.1, 0.15) is 45.2 Å². The minimum atomic E-state index is 0.242. The molecule has 1 aliphatic heterocycles. The molecule has 17 heavy (non-hydrogen) atoms. The number of nitrogens with zero attached hydrogens (tertiary/aromatic N) is 1. The molecule has 1 atom stereocenters. The predicted molar refractivity (Wildman–Crippen MR) is 74.4 cm³/mol. The summed E-state index contributed by atoms with van der Waals surface area (Å²) < 4.78 is 0. The Morgan fingerprint density at radius 1 is 1.12 bits per heavy atom. The Hall–Kier alpha value is -1.37. The third kappa shape index (κ3) is 3.55. The van der Waals surface area contributed by atoms with Crippen LogP contribution in [0.4, 0.5) is 0 Å². The molecule has 0 saturated heterocycles. The summed E-state index contributed by atoms with van der Waals surface area (Å²) in [7, 11) is 0. The van der Waals surface area contributed by atoms with Crippen molar-refractivity contribution in [2.75, 3.05) is 0 Å². The zero-order valence-electron chi connectivity index (χ0n) is 11.0. The summed E-state index contributed by atoms with van der Waals surface area (Å²) in [6.07, 6.45) is 6.66. The van der Waals surface area contributed by atoms with Crippen LogP contribution in [0.3, 0.4) is 0 Å². The van der Waals surface area contributed by atoms with Gasteiger partial charge in [0.05, 0.1) is 6.04 Å². The van der Waals surface area contributed by atoms with Crippen LogP contribution in [0, 0.1) is 5.41 Å². The standard InChI is InChI=1S/C16H21N/c1-16(2,3)12-11-14-9-10-15(17-14)13-7-5-4-6-8-13/h4-10,15H,11-12H2,1-3H3. The SMILES string of the molecule is CC(C)(C)CCC1=NC(c2ccccc2)C=C1. The van der Waals surface area contributed by atoms with Gasteiger partial charge in [-0.15, -0.1) is 0 Å². The zero-order chi connectivity index (χ0) is 12.3. The van der Waals surface area contributed by atoms with E-state index in [-0.39, 0.29) is 6.04 Å². The fourth-order valence-corrected chi connectivity index (χ4v) is 1.95. The maximum atomic E-state index is 4.77. The maximum absolute atomic E-state index is 4.77. The fourth-order valence-electron chi connectivity index (χ4n) is 1.95. The van der Waals surface area contributed by atoms with E-state index in [9.17, 15) is 0 Å². The number of rotatable bonds is 3. The lowest BCUT2D eigenvalue weighted by Gasteiger charge is -2.17. The van der Waals surface area contributed by atoms with Gasteiger partial charge in [-0.3, -0.25) is 4.99 Å². The van der Waals surface area contributed by atoms with Gasteiger partial charge in [0.1, 0.15) is 0 Å². The average molecular weight is 227 g/mol. The summed E-state index contributed by atoms with van der Waals surface area (Å²) >= 11 is 0. The molecule has 0 spiro atoms. The van der Waals surface area contributed by atoms with Crippen LogP contribution in [0.5, 0.6) is 0 Å². The Morgan fingerprint density at radius 2 is 1.82 bits per heavy atom. The Balaban J connectivity index is 1.99. The molecule has 1 aliphatic rings. The summed E-state index contributed by atoms with van der Waals surface area (Å²) in [4.78, 5) is 4.77. The van der Waals surface area contributed by atoms with Gasteiger partial charge in [0, 0.05) is 5.71 Å². The molecule has 1 aromatic rings. The second-order valence-electron chi connectivity index (χ2n) is 5.90. The molecular formula is C16H21N. The Bertz CT molecular complexity index is 421. The van der Waals surface area contributed by atoms with Crippen molar-refractivity contribution in [3.63, 3.8) is 0 Å². The van der Waals surface area contributed by atoms with Crippen molar-refractivity contribution in [3.05, 3.63) is 48.0 Å². The normalized spacial score (nSPS) is 19.5. The van der Waals surface area contributed by atoms with Crippen molar-refractivity contribution in [1.82, 2.24) is 0 Å². The Labute approximate surface area is 104 Å². The Kier molecular flexibility index (Phi) is 3.46. The molecule has 2 rings (SSSR count). The highest BCUT2D eigenvalue weighted by Crippen LogP contribution is 2.27. The number of aliphatic imine (C=N–C) groups is 1. The Morgan fingerprint density at radius 3 is 2.47 bits per heavy atom. The zero-order valence-corrected chi connectivity index (χ0v) is 11.0. The van der Waals surface area contributed by atoms with Gasteiger partial charge in [-0.25, -0.2) is 0 Å². The molecule has 0 radical (unpaired) electrons. The van der Waals surface area contributed by atoms with Gasteiger partial charge in [0.15, 0.2) is 0 Å². The van der Waals surface area contributed by atoms with Crippen molar-refractivity contribution in [2.45, 2.75) is 39.7 Å². The summed E-state index contributed by atoms with van der Waals surface area (Å²) in [6.45, 7) is 6.84. The van der Waals surface area contributed by atoms with E-state index in [4.69, 9.17) is 4.99 Å². The lowest BCUT2D eigenvalue weighted by molar-refractivity contribution is 0.386. The minimum absolute atomic E-state index is 0.242. The summed E-state index contributed by atoms with van der Waals surface area (Å²) in [5, 5.41) is 0. The molecule has 1 heteroatoms. The quantitative estimate of drug-likeness (QED) is 0.717. The maximum Gasteiger partial charge on any atom is 0.0937 e. The van der Waals surface area contributed by atoms with Crippen LogP contribution in [0.2, 0.25) is 0 Å². The van der Waals surface area contributed by atoms with Gasteiger partial charge in [-0.1, -0.05) is 57.2 Å². The first-order valence-electron chi connectivity index (χ1n) is 6.34. The van der Waals surface area contributed by atoms with E-state index in [0.717, 1.165) is 6.42 Å². The van der Waals surface area contributed by atoms with E-state index in [1.54, 1.807) is 0 Å². The van der Waals surface area contributed by atoms with Gasteiger partial charge in [-0.2, -0.15) is 0 Å². The van der Waals surface area contributed by atoms with E-state index in [2.05, 4.69) is 57.2 Å². The second-order valence-corrected chi connectivity index (χ2v) is 5.90. The van der Waals surface area contributed by atoms with E-state index >= 15 is 0 Å². The van der Waals surface area contributed by atoms with E-state index in [1.807, 2.05) is 6.07 Å². The fraction of sp³-hybridized carbons (Fsp3) is 0.438. The molecular weight excluding hydrogens is 206 g/mol. The van der Waals surface area contributed by atoms with Crippen LogP contribution in [0.25, 0.3) is 0 Å². The molecule has 0 aliphatic carbocycles. The van der Waals surface area contributed by atoms with Gasteiger partial charge >= 0.3 is 0 Å². The van der Waals surface area contributed by atoms with Gasteiger partial charge in [0.2, 0.25) is 0 Å². The molecule has 0 fully saturated rings. The number of hydrogen-bond donors (Lipinski definition) is 0. The lowest BCUT2D eigenvalue weighted by Crippen LogP contribution is -2.07. The van der Waals surface area contributed by atoms with Gasteiger partial charge in [-0.05, 0) is 29.9 Å². The molecule has 0 amide bonds. The van der Waals surface area contributed by atoms with Crippen molar-refractivity contribution >= 4 is 5.71 Å². The third-order valence-electron chi connectivity index (χ3n) is 3.05. The van der Waals surface area contributed by atoms with E-state index in [0.29, 0.717) is 5.41 Å². The summed E-state index contributed by atoms with van der Waals surface area (Å²) in [6, 6.07) is 10.7. The van der Waals surface area contributed by atoms with Gasteiger partial charge in [0.25, 0.3) is 0 Å². The number of hydrogen-bond acceptors (Lipinski definition) is 1. The van der Waals surface area contributed by atoms with Crippen molar-refractivity contribution in [1.29, 1.82) is 0 Å². The molecule has 1 heterocycles. The topological polar surface area (TPSA) is 12.4 Å². The number of benzene rings is 1. The first kappa shape index (κ1) is 12.1. The molecule has 0 N–H and O–H groups in total. The highest BCUT2D eigenvalue weighted by molar-refractivity contribution is 5.97. The van der Waals surface area contributed by atoms with Crippen molar-refractivity contribution < 1.29 is 0 Å². The van der Waals surface area contributed by atoms with Crippen molar-refractivity contribution in [3.8, 4) is 0 Å². The van der Waals surface area contributed by atoms with Crippen molar-refractivity contribution in [2.24, 2.45) is 10.4 Å². The summed E-state index contributed by atoms with van der Waals surface area (Å²) in [5.74, 6) is 0. The molecule has 0 bridgehead atoms. The average Bonchev–Trinajstić information content (AvgIpc) is 2.75. The molecule has 0 saturated carbocycles. The van der Waals surface area contributed by atoms with Crippen LogP contribution in [-0.4, -0.2) is 5.71 Å². The first-order chi connectivity index (χ1) is 8.04. The van der Waals surface area contributed by atoms with E-state index in [1.165, 1.54) is 17.7 Å². The molecule has 90 valence electrons. The molecule has 1 nitrogen and oxygen atoms in total. The highest BCUT2D eigenvalue weighted by Gasteiger charge is 2.15. The van der Waals surface area contributed by atoms with Crippen LogP contribution in [0.15, 0.2) is 47.5 Å². The van der Waals surface area contributed by atoms with Crippen LogP contribution >= 0.6 is 0 Å². The molecule has 0 aromatic heterocycles. The molecule has 1 aromatic carbocycles. The molecule has 1 unspecified atom stereocenters. The lowest BCUT2D eigenvalue weighted by atomic mass is 9.89. The van der Waals surface area contributed by atoms with E-state index < -0.39 is 0 Å². The minimum Gasteiger partial charge on any atom is -0.278 e.